The van der Waals surface area contributed by atoms with Crippen LogP contribution >= 0.6 is 0 Å². The molecular formula is C39H64O13. The molecule has 22 atom stereocenters. The van der Waals surface area contributed by atoms with E-state index < -0.39 is 74.6 Å². The first-order valence-corrected chi connectivity index (χ1v) is 20.3. The predicted octanol–water partition coefficient (Wildman–Crippen LogP) is 1.24. The summed E-state index contributed by atoms with van der Waals surface area (Å²) in [7, 11) is 0. The molecule has 4 aliphatic carbocycles. The van der Waals surface area contributed by atoms with Crippen molar-refractivity contribution in [3.8, 4) is 0 Å². The average molecular weight is 741 g/mol. The Morgan fingerprint density at radius 3 is 2.08 bits per heavy atom. The Bertz CT molecular complexity index is 1260. The molecule has 7 N–H and O–H groups in total. The van der Waals surface area contributed by atoms with E-state index in [9.17, 15) is 35.7 Å². The van der Waals surface area contributed by atoms with Gasteiger partial charge in [-0.1, -0.05) is 20.8 Å². The van der Waals surface area contributed by atoms with Crippen LogP contribution in [-0.4, -0.2) is 141 Å². The molecular weight excluding hydrogens is 676 g/mol. The fraction of sp³-hybridized carbons (Fsp3) is 1.00. The zero-order valence-electron chi connectivity index (χ0n) is 31.2. The van der Waals surface area contributed by atoms with E-state index >= 15 is 0 Å². The third kappa shape index (κ3) is 5.98. The molecule has 8 rings (SSSR count). The van der Waals surface area contributed by atoms with Crippen LogP contribution < -0.4 is 0 Å². The molecule has 13 heteroatoms. The van der Waals surface area contributed by atoms with E-state index in [2.05, 4.69) is 27.7 Å². The smallest absolute Gasteiger partial charge is 0.187 e. The van der Waals surface area contributed by atoms with Crippen molar-refractivity contribution >= 4 is 0 Å². The minimum atomic E-state index is -1.71. The van der Waals surface area contributed by atoms with Crippen molar-refractivity contribution in [1.29, 1.82) is 0 Å². The number of ether oxygens (including phenoxy) is 6. The van der Waals surface area contributed by atoms with E-state index in [4.69, 9.17) is 28.4 Å². The van der Waals surface area contributed by atoms with Gasteiger partial charge >= 0.3 is 0 Å². The van der Waals surface area contributed by atoms with Crippen molar-refractivity contribution in [3.63, 3.8) is 0 Å². The maximum atomic E-state index is 11.2. The number of fused-ring (bicyclic) bond motifs is 7. The van der Waals surface area contributed by atoms with Crippen molar-refractivity contribution in [2.75, 3.05) is 19.8 Å². The molecule has 0 unspecified atom stereocenters. The second kappa shape index (κ2) is 14.1. The summed E-state index contributed by atoms with van der Waals surface area (Å²) in [6, 6.07) is 0. The summed E-state index contributed by atoms with van der Waals surface area (Å²) in [5, 5.41) is 72.8. The van der Waals surface area contributed by atoms with Crippen LogP contribution in [0.25, 0.3) is 0 Å². The van der Waals surface area contributed by atoms with Gasteiger partial charge in [0.05, 0.1) is 43.7 Å². The third-order valence-electron chi connectivity index (χ3n) is 16.3. The number of rotatable bonds is 6. The minimum Gasteiger partial charge on any atom is -0.394 e. The van der Waals surface area contributed by atoms with Crippen molar-refractivity contribution in [1.82, 2.24) is 0 Å². The summed E-state index contributed by atoms with van der Waals surface area (Å²) in [6.45, 7) is 9.23. The monoisotopic (exact) mass is 740 g/mol. The average Bonchev–Trinajstić information content (AvgIpc) is 3.58. The molecule has 0 aromatic carbocycles. The van der Waals surface area contributed by atoms with Gasteiger partial charge < -0.3 is 64.2 Å². The lowest BCUT2D eigenvalue weighted by atomic mass is 9.44. The van der Waals surface area contributed by atoms with E-state index in [1.165, 1.54) is 25.7 Å². The molecule has 1 spiro atoms. The maximum absolute atomic E-state index is 11.2. The Morgan fingerprint density at radius 1 is 0.673 bits per heavy atom. The fourth-order valence-electron chi connectivity index (χ4n) is 13.3. The first-order chi connectivity index (χ1) is 24.7. The maximum Gasteiger partial charge on any atom is 0.187 e. The van der Waals surface area contributed by atoms with E-state index in [0.717, 1.165) is 45.1 Å². The van der Waals surface area contributed by atoms with Gasteiger partial charge in [-0.3, -0.25) is 0 Å². The lowest BCUT2D eigenvalue weighted by molar-refractivity contribution is -0.364. The fourth-order valence-corrected chi connectivity index (χ4v) is 13.3. The van der Waals surface area contributed by atoms with Gasteiger partial charge in [-0.25, -0.2) is 0 Å². The minimum absolute atomic E-state index is 0.115. The van der Waals surface area contributed by atoms with Crippen LogP contribution in [0, 0.1) is 46.3 Å². The molecule has 4 aliphatic heterocycles. The molecule has 0 radical (unpaired) electrons. The quantitative estimate of drug-likeness (QED) is 0.192. The van der Waals surface area contributed by atoms with E-state index in [1.54, 1.807) is 0 Å². The lowest BCUT2D eigenvalue weighted by Gasteiger charge is -2.61. The van der Waals surface area contributed by atoms with Gasteiger partial charge in [-0.05, 0) is 117 Å². The van der Waals surface area contributed by atoms with Crippen molar-refractivity contribution in [2.24, 2.45) is 46.3 Å². The predicted molar refractivity (Wildman–Crippen MR) is 183 cm³/mol. The molecule has 8 aliphatic rings. The molecule has 4 saturated carbocycles. The topological polar surface area (TPSA) is 197 Å². The van der Waals surface area contributed by atoms with Crippen LogP contribution in [0.15, 0.2) is 0 Å². The summed E-state index contributed by atoms with van der Waals surface area (Å²) in [4.78, 5) is 0. The van der Waals surface area contributed by atoms with Gasteiger partial charge in [0.2, 0.25) is 0 Å². The Labute approximate surface area is 307 Å². The number of aliphatic hydroxyl groups excluding tert-OH is 7. The zero-order chi connectivity index (χ0) is 36.9. The molecule has 4 saturated heterocycles. The first-order valence-electron chi connectivity index (χ1n) is 20.3. The Morgan fingerprint density at radius 2 is 1.37 bits per heavy atom. The van der Waals surface area contributed by atoms with Crippen molar-refractivity contribution < 1.29 is 64.2 Å². The van der Waals surface area contributed by atoms with Crippen LogP contribution in [0.3, 0.4) is 0 Å². The van der Waals surface area contributed by atoms with Gasteiger partial charge in [0.25, 0.3) is 0 Å². The van der Waals surface area contributed by atoms with Gasteiger partial charge in [0.1, 0.15) is 48.8 Å². The van der Waals surface area contributed by atoms with Gasteiger partial charge in [-0.15, -0.1) is 0 Å². The Kier molecular flexibility index (Phi) is 10.4. The van der Waals surface area contributed by atoms with E-state index in [0.29, 0.717) is 53.1 Å². The molecule has 0 aromatic heterocycles. The molecule has 0 bridgehead atoms. The highest BCUT2D eigenvalue weighted by Gasteiger charge is 2.69. The summed E-state index contributed by atoms with van der Waals surface area (Å²) in [5.41, 5.74) is 0.381. The first kappa shape index (κ1) is 38.4. The van der Waals surface area contributed by atoms with E-state index in [1.807, 2.05) is 0 Å². The molecule has 8 fully saturated rings. The number of aliphatic hydroxyl groups is 7. The Balaban J connectivity index is 0.892. The molecule has 0 aromatic rings. The summed E-state index contributed by atoms with van der Waals surface area (Å²) >= 11 is 0. The zero-order valence-corrected chi connectivity index (χ0v) is 31.2. The van der Waals surface area contributed by atoms with E-state index in [-0.39, 0.29) is 17.1 Å². The molecule has 0 amide bonds. The van der Waals surface area contributed by atoms with Gasteiger partial charge in [0, 0.05) is 0 Å². The van der Waals surface area contributed by atoms with Gasteiger partial charge in [0.15, 0.2) is 12.6 Å². The van der Waals surface area contributed by atoms with Crippen molar-refractivity contribution in [3.05, 3.63) is 0 Å². The number of hydrogen-bond donors (Lipinski definition) is 7. The van der Waals surface area contributed by atoms with Crippen LogP contribution in [-0.2, 0) is 28.4 Å². The highest BCUT2D eigenvalue weighted by Crippen LogP contribution is 2.71. The number of hydrogen-bond acceptors (Lipinski definition) is 13. The summed E-state index contributed by atoms with van der Waals surface area (Å²) in [5.74, 6) is 3.60. The molecule has 13 nitrogen and oxygen atoms in total. The SMILES string of the molecule is C[C@@H]1CC[C@@]2(CO1)O[C@H]1C[C@H]3[C@@H]4CC[C@H]5C[C@@H](O[C@@H]6O[C@H](CO)[C@@H](O[C@@H]7O[C@H](CO)[C@@H](O)[C@H](O)[C@H]7O)[C@H](O)[C@H]6O)CC[C@]5(C)[C@H]4CC[C@]3(C)[C@H]1[C@@H]2C. The highest BCUT2D eigenvalue weighted by atomic mass is 16.7. The van der Waals surface area contributed by atoms with Crippen LogP contribution in [0.2, 0.25) is 0 Å². The van der Waals surface area contributed by atoms with Gasteiger partial charge in [-0.2, -0.15) is 0 Å². The molecule has 52 heavy (non-hydrogen) atoms. The van der Waals surface area contributed by atoms with Crippen LogP contribution in [0.1, 0.15) is 91.9 Å². The standard InChI is InChI=1S/C39H64O13/c1-18-7-12-39(17-47-18)19(2)28-25(52-39)14-24-22-6-5-20-13-21(8-10-37(20,3)23(22)9-11-38(24,28)4)48-35-33(46)31(44)34(27(16-41)50-35)51-36-32(45)30(43)29(42)26(15-40)49-36/h18-36,40-46H,5-17H2,1-4H3/t18-,19+,20+,21+,22-,23+,24+,25+,26-,27-,28+,29-,30+,31-,32-,33-,34-,35-,36+,37+,38+,39+/m1/s1. The lowest BCUT2D eigenvalue weighted by Crippen LogP contribution is -2.65. The largest absolute Gasteiger partial charge is 0.394 e. The Hall–Kier alpha value is -0.520. The third-order valence-corrected chi connectivity index (χ3v) is 16.3. The second-order valence-electron chi connectivity index (χ2n) is 18.7. The summed E-state index contributed by atoms with van der Waals surface area (Å²) in [6.07, 6.45) is -3.22. The summed E-state index contributed by atoms with van der Waals surface area (Å²) < 4.78 is 36.8. The molecule has 298 valence electrons. The molecule has 4 heterocycles. The van der Waals surface area contributed by atoms with Crippen molar-refractivity contribution in [2.45, 2.75) is 177 Å². The van der Waals surface area contributed by atoms with Crippen LogP contribution in [0.4, 0.5) is 0 Å². The van der Waals surface area contributed by atoms with Crippen LogP contribution in [0.5, 0.6) is 0 Å². The second-order valence-corrected chi connectivity index (χ2v) is 18.7. The normalized spacial score (nSPS) is 59.0. The highest BCUT2D eigenvalue weighted by molar-refractivity contribution is 5.17.